The highest BCUT2D eigenvalue weighted by atomic mass is 35.5. The SMILES string of the molecule is COc1ccc(CNc2nc(N3CCC[C@H]3COC(=O)OCCCCC(CO[N+](=O)[O-])O[N+](=O)[O-])ncc2C(=O)N(C)c2ncccn2)cc1Cl. The number of methoxy groups -OCH3 is 1. The third kappa shape index (κ3) is 11.4. The Hall–Kier alpha value is -5.79. The molecule has 1 unspecified atom stereocenters. The van der Waals surface area contributed by atoms with Gasteiger partial charge in [0.25, 0.3) is 16.1 Å². The van der Waals surface area contributed by atoms with E-state index in [2.05, 4.69) is 29.9 Å². The molecule has 0 radical (unpaired) electrons. The third-order valence-electron chi connectivity index (χ3n) is 7.61. The topological polar surface area (TPSA) is 237 Å². The fraction of sp³-hybridized carbons (Fsp3) is 0.467. The molecule has 3 heterocycles. The summed E-state index contributed by atoms with van der Waals surface area (Å²) in [6, 6.07) is 6.66. The summed E-state index contributed by atoms with van der Waals surface area (Å²) < 4.78 is 15.7. The Morgan fingerprint density at radius 3 is 2.63 bits per heavy atom. The van der Waals surface area contributed by atoms with Crippen LogP contribution in [0.2, 0.25) is 5.02 Å². The summed E-state index contributed by atoms with van der Waals surface area (Å²) in [4.78, 5) is 76.1. The van der Waals surface area contributed by atoms with E-state index in [1.165, 1.54) is 30.6 Å². The highest BCUT2D eigenvalue weighted by Crippen LogP contribution is 2.28. The van der Waals surface area contributed by atoms with Crippen LogP contribution in [0.1, 0.15) is 48.0 Å². The molecule has 4 rings (SSSR count). The minimum absolute atomic E-state index is 0.0267. The van der Waals surface area contributed by atoms with Gasteiger partial charge in [0.05, 0.1) is 24.8 Å². The van der Waals surface area contributed by atoms with E-state index in [-0.39, 0.29) is 49.6 Å². The molecule has 1 fully saturated rings. The number of carbonyl (C=O) groups is 2. The highest BCUT2D eigenvalue weighted by molar-refractivity contribution is 6.32. The number of unbranched alkanes of at least 4 members (excludes halogenated alkanes) is 1. The summed E-state index contributed by atoms with van der Waals surface area (Å²) in [7, 11) is 3.06. The van der Waals surface area contributed by atoms with Crippen LogP contribution in [-0.2, 0) is 25.7 Å². The lowest BCUT2D eigenvalue weighted by Gasteiger charge is -2.25. The molecule has 0 saturated carbocycles. The van der Waals surface area contributed by atoms with E-state index in [9.17, 15) is 29.8 Å². The molecule has 1 N–H and O–H groups in total. The number of anilines is 3. The van der Waals surface area contributed by atoms with Crippen molar-refractivity contribution in [3.63, 3.8) is 0 Å². The zero-order valence-corrected chi connectivity index (χ0v) is 28.5. The molecule has 1 aromatic carbocycles. The first-order chi connectivity index (χ1) is 24.5. The van der Waals surface area contributed by atoms with Gasteiger partial charge in [0.2, 0.25) is 11.9 Å². The molecule has 1 aliphatic rings. The summed E-state index contributed by atoms with van der Waals surface area (Å²) in [5.41, 5.74) is 0.976. The average molecular weight is 734 g/mol. The second-order valence-electron chi connectivity index (χ2n) is 11.0. The van der Waals surface area contributed by atoms with Crippen LogP contribution in [0.15, 0.2) is 42.9 Å². The molecule has 3 aromatic rings. The van der Waals surface area contributed by atoms with Crippen molar-refractivity contribution >= 4 is 41.4 Å². The van der Waals surface area contributed by atoms with Crippen molar-refractivity contribution in [1.82, 2.24) is 19.9 Å². The molecule has 20 nitrogen and oxygen atoms in total. The zero-order chi connectivity index (χ0) is 36.8. The van der Waals surface area contributed by atoms with Gasteiger partial charge in [-0.05, 0) is 55.9 Å². The monoisotopic (exact) mass is 733 g/mol. The summed E-state index contributed by atoms with van der Waals surface area (Å²) >= 11 is 6.32. The van der Waals surface area contributed by atoms with Gasteiger partial charge in [0, 0.05) is 38.7 Å². The summed E-state index contributed by atoms with van der Waals surface area (Å²) in [5.74, 6) is 0.831. The van der Waals surface area contributed by atoms with E-state index in [0.29, 0.717) is 42.5 Å². The third-order valence-corrected chi connectivity index (χ3v) is 7.90. The Labute approximate surface area is 296 Å². The second kappa shape index (κ2) is 18.8. The van der Waals surface area contributed by atoms with Crippen molar-refractivity contribution < 1.29 is 43.6 Å². The van der Waals surface area contributed by atoms with Crippen LogP contribution < -0.4 is 19.9 Å². The van der Waals surface area contributed by atoms with E-state index >= 15 is 0 Å². The van der Waals surface area contributed by atoms with Crippen LogP contribution in [-0.4, -0.2) is 94.8 Å². The molecular formula is C30H36ClN9O11. The molecule has 1 saturated heterocycles. The fourth-order valence-electron chi connectivity index (χ4n) is 5.08. The number of carbonyl (C=O) groups excluding carboxylic acids is 2. The standard InChI is InChI=1S/C30H36ClN9O11/c1-37(28-32-11-6-12-33-28)27(41)23-17-35-29(36-26(23)34-16-20-9-10-25(47-2)24(31)15-20)38-13-5-7-21(38)18-49-30(42)48-14-4-3-8-22(51-40(45)46)19-50-39(43)44/h6,9-12,15,17,21-22H,3-5,7-8,13-14,16,18-19H2,1-2H3,(H,34,35,36)/t21-,22?/m0/s1. The minimum atomic E-state index is -1.14. The lowest BCUT2D eigenvalue weighted by Crippen LogP contribution is -2.36. The Balaban J connectivity index is 1.37. The number of halogens is 1. The first-order valence-electron chi connectivity index (χ1n) is 15.7. The summed E-state index contributed by atoms with van der Waals surface area (Å²) in [6.07, 6.45) is 4.51. The van der Waals surface area contributed by atoms with Crippen LogP contribution in [0.5, 0.6) is 5.75 Å². The van der Waals surface area contributed by atoms with Crippen molar-refractivity contribution in [2.45, 2.75) is 50.8 Å². The van der Waals surface area contributed by atoms with Crippen LogP contribution >= 0.6 is 11.6 Å². The van der Waals surface area contributed by atoms with E-state index in [0.717, 1.165) is 12.0 Å². The van der Waals surface area contributed by atoms with Gasteiger partial charge < -0.3 is 34.1 Å². The van der Waals surface area contributed by atoms with Gasteiger partial charge in [-0.2, -0.15) is 4.98 Å². The van der Waals surface area contributed by atoms with Crippen molar-refractivity contribution in [2.24, 2.45) is 0 Å². The quantitative estimate of drug-likeness (QED) is 0.0795. The predicted octanol–water partition coefficient (Wildman–Crippen LogP) is 3.89. The number of hydrogen-bond donors (Lipinski definition) is 1. The van der Waals surface area contributed by atoms with Gasteiger partial charge >= 0.3 is 6.16 Å². The number of nitrogens with zero attached hydrogens (tertiary/aromatic N) is 8. The molecule has 1 amide bonds. The van der Waals surface area contributed by atoms with Crippen molar-refractivity contribution in [1.29, 1.82) is 0 Å². The number of aromatic nitrogens is 4. The van der Waals surface area contributed by atoms with Gasteiger partial charge in [-0.3, -0.25) is 9.69 Å². The zero-order valence-electron chi connectivity index (χ0n) is 27.7. The lowest BCUT2D eigenvalue weighted by molar-refractivity contribution is -0.790. The maximum Gasteiger partial charge on any atom is 0.508 e. The Morgan fingerprint density at radius 1 is 1.14 bits per heavy atom. The molecule has 2 atom stereocenters. The Morgan fingerprint density at radius 2 is 1.92 bits per heavy atom. The number of amides is 1. The highest BCUT2D eigenvalue weighted by Gasteiger charge is 2.30. The molecule has 0 aliphatic carbocycles. The maximum atomic E-state index is 13.6. The van der Waals surface area contributed by atoms with Gasteiger partial charge in [-0.1, -0.05) is 17.7 Å². The lowest BCUT2D eigenvalue weighted by atomic mass is 10.2. The van der Waals surface area contributed by atoms with E-state index in [1.54, 1.807) is 25.2 Å². The van der Waals surface area contributed by atoms with Crippen LogP contribution in [0.3, 0.4) is 0 Å². The Bertz CT molecular complexity index is 1660. The second-order valence-corrected chi connectivity index (χ2v) is 11.4. The minimum Gasteiger partial charge on any atom is -0.495 e. The number of hydrogen-bond acceptors (Lipinski definition) is 17. The normalized spacial score (nSPS) is 14.3. The van der Waals surface area contributed by atoms with Gasteiger partial charge in [-0.25, -0.2) is 19.7 Å². The first kappa shape index (κ1) is 38.0. The molecule has 2 aromatic heterocycles. The molecule has 0 spiro atoms. The summed E-state index contributed by atoms with van der Waals surface area (Å²) in [6.45, 7) is 0.146. The van der Waals surface area contributed by atoms with Crippen molar-refractivity contribution in [3.05, 3.63) is 79.2 Å². The van der Waals surface area contributed by atoms with Gasteiger partial charge in [0.15, 0.2) is 0 Å². The average Bonchev–Trinajstić information content (AvgIpc) is 3.60. The van der Waals surface area contributed by atoms with Gasteiger partial charge in [-0.15, -0.1) is 20.2 Å². The van der Waals surface area contributed by atoms with Crippen molar-refractivity contribution in [3.8, 4) is 5.75 Å². The smallest absolute Gasteiger partial charge is 0.495 e. The largest absolute Gasteiger partial charge is 0.508 e. The number of benzene rings is 1. The van der Waals surface area contributed by atoms with Gasteiger partial charge in [0.1, 0.15) is 36.4 Å². The molecule has 1 aliphatic heterocycles. The molecule has 51 heavy (non-hydrogen) atoms. The molecule has 0 bridgehead atoms. The van der Waals surface area contributed by atoms with E-state index < -0.39 is 34.9 Å². The van der Waals surface area contributed by atoms with Crippen LogP contribution in [0, 0.1) is 20.2 Å². The van der Waals surface area contributed by atoms with Crippen LogP contribution in [0.4, 0.5) is 22.5 Å². The maximum absolute atomic E-state index is 13.6. The number of ether oxygens (including phenoxy) is 3. The molecular weight excluding hydrogens is 698 g/mol. The summed E-state index contributed by atoms with van der Waals surface area (Å²) in [5, 5.41) is 22.5. The predicted molar refractivity (Wildman–Crippen MR) is 178 cm³/mol. The molecule has 274 valence electrons. The van der Waals surface area contributed by atoms with E-state index in [1.807, 2.05) is 11.0 Å². The first-order valence-corrected chi connectivity index (χ1v) is 16.1. The van der Waals surface area contributed by atoms with Crippen LogP contribution in [0.25, 0.3) is 0 Å². The fourth-order valence-corrected chi connectivity index (χ4v) is 5.36. The molecule has 21 heteroatoms. The number of rotatable bonds is 19. The number of nitrogens with one attached hydrogen (secondary N) is 1. The van der Waals surface area contributed by atoms with Crippen molar-refractivity contribution in [2.75, 3.05) is 55.6 Å². The van der Waals surface area contributed by atoms with E-state index in [4.69, 9.17) is 30.8 Å². The Kier molecular flexibility index (Phi) is 14.0.